The fraction of sp³-hybridized carbons (Fsp3) is 0.526. The highest BCUT2D eigenvalue weighted by molar-refractivity contribution is 5.49. The van der Waals surface area contributed by atoms with Crippen LogP contribution in [0.15, 0.2) is 36.9 Å². The van der Waals surface area contributed by atoms with E-state index < -0.39 is 0 Å². The lowest BCUT2D eigenvalue weighted by atomic mass is 9.95. The molecule has 2 aliphatic heterocycles. The van der Waals surface area contributed by atoms with E-state index in [4.69, 9.17) is 4.74 Å². The third-order valence-corrected chi connectivity index (χ3v) is 5.11. The van der Waals surface area contributed by atoms with E-state index in [9.17, 15) is 0 Å². The van der Waals surface area contributed by atoms with Gasteiger partial charge in [-0.1, -0.05) is 0 Å². The average molecular weight is 339 g/mol. The number of anilines is 2. The second kappa shape index (κ2) is 7.78. The van der Waals surface area contributed by atoms with Crippen molar-refractivity contribution in [3.8, 4) is 0 Å². The monoisotopic (exact) mass is 339 g/mol. The predicted molar refractivity (Wildman–Crippen MR) is 97.8 cm³/mol. The van der Waals surface area contributed by atoms with Gasteiger partial charge in [-0.05, 0) is 43.4 Å². The Balaban J connectivity index is 1.42. The predicted octanol–water partition coefficient (Wildman–Crippen LogP) is 2.53. The Hall–Kier alpha value is -2.21. The first-order valence-electron chi connectivity index (χ1n) is 9.19. The van der Waals surface area contributed by atoms with Crippen molar-refractivity contribution in [2.75, 3.05) is 36.5 Å². The molecule has 132 valence electrons. The van der Waals surface area contributed by atoms with Crippen LogP contribution in [0.2, 0.25) is 0 Å². The molecule has 4 heterocycles. The van der Waals surface area contributed by atoms with Gasteiger partial charge in [-0.3, -0.25) is 4.98 Å². The number of hydrogen-bond acceptors (Lipinski definition) is 6. The van der Waals surface area contributed by atoms with E-state index in [1.165, 1.54) is 24.8 Å². The second-order valence-corrected chi connectivity index (χ2v) is 6.92. The molecule has 0 amide bonds. The lowest BCUT2D eigenvalue weighted by Gasteiger charge is -2.28. The molecule has 1 N–H and O–H groups in total. The molecular formula is C19H25N5O. The number of aromatic nitrogens is 3. The highest BCUT2D eigenvalue weighted by Crippen LogP contribution is 2.24. The van der Waals surface area contributed by atoms with Gasteiger partial charge in [-0.15, -0.1) is 0 Å². The van der Waals surface area contributed by atoms with Crippen molar-refractivity contribution < 1.29 is 4.74 Å². The molecule has 0 saturated carbocycles. The maximum atomic E-state index is 5.73. The summed E-state index contributed by atoms with van der Waals surface area (Å²) in [5, 5.41) is 3.57. The molecule has 2 saturated heterocycles. The van der Waals surface area contributed by atoms with Crippen molar-refractivity contribution in [3.63, 3.8) is 0 Å². The van der Waals surface area contributed by atoms with Gasteiger partial charge in [0.05, 0.1) is 19.3 Å². The lowest BCUT2D eigenvalue weighted by molar-refractivity contribution is 0.185. The molecule has 6 heteroatoms. The van der Waals surface area contributed by atoms with Crippen molar-refractivity contribution in [1.82, 2.24) is 15.0 Å². The Bertz CT molecular complexity index is 675. The molecule has 0 bridgehead atoms. The summed E-state index contributed by atoms with van der Waals surface area (Å²) in [5.41, 5.74) is 1.30. The molecule has 2 fully saturated rings. The molecule has 2 atom stereocenters. The van der Waals surface area contributed by atoms with Crippen LogP contribution in [-0.2, 0) is 11.2 Å². The number of nitrogens with zero attached hydrogens (tertiary/aromatic N) is 4. The zero-order chi connectivity index (χ0) is 16.9. The minimum absolute atomic E-state index is 0.275. The summed E-state index contributed by atoms with van der Waals surface area (Å²) in [4.78, 5) is 15.3. The van der Waals surface area contributed by atoms with Crippen molar-refractivity contribution in [3.05, 3.63) is 42.5 Å². The van der Waals surface area contributed by atoms with Crippen LogP contribution in [-0.4, -0.2) is 47.3 Å². The molecule has 0 aromatic carbocycles. The third kappa shape index (κ3) is 4.07. The minimum atomic E-state index is 0.275. The van der Waals surface area contributed by atoms with Crippen molar-refractivity contribution in [2.45, 2.75) is 31.7 Å². The van der Waals surface area contributed by atoms with Crippen LogP contribution in [0.25, 0.3) is 0 Å². The quantitative estimate of drug-likeness (QED) is 0.903. The smallest absolute Gasteiger partial charge is 0.134 e. The molecular weight excluding hydrogens is 314 g/mol. The van der Waals surface area contributed by atoms with Gasteiger partial charge in [0.25, 0.3) is 0 Å². The highest BCUT2D eigenvalue weighted by Gasteiger charge is 2.28. The summed E-state index contributed by atoms with van der Waals surface area (Å²) in [7, 11) is 0. The van der Waals surface area contributed by atoms with Crippen LogP contribution in [0, 0.1) is 5.92 Å². The topological polar surface area (TPSA) is 63.2 Å². The Labute approximate surface area is 148 Å². The second-order valence-electron chi connectivity index (χ2n) is 6.92. The molecule has 6 nitrogen and oxygen atoms in total. The van der Waals surface area contributed by atoms with E-state index >= 15 is 0 Å². The Morgan fingerprint density at radius 1 is 1.08 bits per heavy atom. The number of nitrogens with one attached hydrogen (secondary N) is 1. The van der Waals surface area contributed by atoms with Crippen LogP contribution < -0.4 is 10.2 Å². The first-order chi connectivity index (χ1) is 12.4. The maximum Gasteiger partial charge on any atom is 0.134 e. The number of ether oxygens (including phenoxy) is 1. The van der Waals surface area contributed by atoms with Crippen LogP contribution >= 0.6 is 0 Å². The summed E-state index contributed by atoms with van der Waals surface area (Å²) in [6.45, 7) is 3.68. The molecule has 4 rings (SSSR count). The van der Waals surface area contributed by atoms with Gasteiger partial charge in [0.1, 0.15) is 18.0 Å². The van der Waals surface area contributed by atoms with Crippen LogP contribution in [0.5, 0.6) is 0 Å². The molecule has 0 spiro atoms. The Morgan fingerprint density at radius 2 is 1.92 bits per heavy atom. The number of pyridine rings is 1. The normalized spacial score (nSPS) is 23.6. The number of hydrogen-bond donors (Lipinski definition) is 1. The van der Waals surface area contributed by atoms with E-state index in [1.807, 2.05) is 12.4 Å². The van der Waals surface area contributed by atoms with Gasteiger partial charge >= 0.3 is 0 Å². The van der Waals surface area contributed by atoms with Crippen LogP contribution in [0.4, 0.5) is 11.6 Å². The van der Waals surface area contributed by atoms with E-state index in [2.05, 4.69) is 43.4 Å². The first-order valence-corrected chi connectivity index (χ1v) is 9.19. The number of rotatable bonds is 5. The first kappa shape index (κ1) is 16.3. The average Bonchev–Trinajstić information content (AvgIpc) is 3.10. The van der Waals surface area contributed by atoms with E-state index in [0.717, 1.165) is 44.4 Å². The number of piperidine rings is 1. The Morgan fingerprint density at radius 3 is 2.76 bits per heavy atom. The summed E-state index contributed by atoms with van der Waals surface area (Å²) < 4.78 is 5.73. The summed E-state index contributed by atoms with van der Waals surface area (Å²) in [6.07, 6.45) is 10.2. The van der Waals surface area contributed by atoms with Gasteiger partial charge in [0.15, 0.2) is 0 Å². The SMILES string of the molecule is c1cc(C[C@@H]2COC[C@@H]2Nc2cc(N3CCCCC3)ncn2)ccn1. The van der Waals surface area contributed by atoms with Gasteiger partial charge in [-0.25, -0.2) is 9.97 Å². The van der Waals surface area contributed by atoms with E-state index in [0.29, 0.717) is 5.92 Å². The molecule has 2 aromatic heterocycles. The summed E-state index contributed by atoms with van der Waals surface area (Å²) in [5.74, 6) is 2.36. The Kier molecular flexibility index (Phi) is 5.06. The van der Waals surface area contributed by atoms with Crippen LogP contribution in [0.1, 0.15) is 24.8 Å². The zero-order valence-corrected chi connectivity index (χ0v) is 14.5. The molecule has 2 aliphatic rings. The standard InChI is InChI=1S/C19H25N5O/c1-2-8-24(9-3-1)19-11-18(21-14-22-19)23-17-13-25-12-16(17)10-15-4-6-20-7-5-15/h4-7,11,14,16-17H,1-3,8-10,12-13H2,(H,21,22,23)/t16-,17+/m1/s1. The minimum Gasteiger partial charge on any atom is -0.379 e. The highest BCUT2D eigenvalue weighted by atomic mass is 16.5. The molecule has 0 aliphatic carbocycles. The lowest BCUT2D eigenvalue weighted by Crippen LogP contribution is -2.31. The van der Waals surface area contributed by atoms with Crippen LogP contribution in [0.3, 0.4) is 0 Å². The molecule has 0 unspecified atom stereocenters. The maximum absolute atomic E-state index is 5.73. The fourth-order valence-corrected chi connectivity index (χ4v) is 3.69. The molecule has 25 heavy (non-hydrogen) atoms. The van der Waals surface area contributed by atoms with Crippen molar-refractivity contribution in [1.29, 1.82) is 0 Å². The fourth-order valence-electron chi connectivity index (χ4n) is 3.69. The molecule has 2 aromatic rings. The van der Waals surface area contributed by atoms with E-state index in [-0.39, 0.29) is 6.04 Å². The molecule has 0 radical (unpaired) electrons. The van der Waals surface area contributed by atoms with E-state index in [1.54, 1.807) is 6.33 Å². The largest absolute Gasteiger partial charge is 0.379 e. The zero-order valence-electron chi connectivity index (χ0n) is 14.5. The van der Waals surface area contributed by atoms with Gasteiger partial charge in [0, 0.05) is 37.5 Å². The third-order valence-electron chi connectivity index (χ3n) is 5.11. The van der Waals surface area contributed by atoms with Gasteiger partial charge < -0.3 is 15.0 Å². The van der Waals surface area contributed by atoms with Gasteiger partial charge in [0.2, 0.25) is 0 Å². The summed E-state index contributed by atoms with van der Waals surface area (Å²) in [6, 6.07) is 6.51. The van der Waals surface area contributed by atoms with Crippen molar-refractivity contribution in [2.24, 2.45) is 5.92 Å². The van der Waals surface area contributed by atoms with Gasteiger partial charge in [-0.2, -0.15) is 0 Å². The summed E-state index contributed by atoms with van der Waals surface area (Å²) >= 11 is 0. The van der Waals surface area contributed by atoms with Crippen molar-refractivity contribution >= 4 is 11.6 Å².